The first-order chi connectivity index (χ1) is 14.3. The van der Waals surface area contributed by atoms with Gasteiger partial charge in [-0.1, -0.05) is 0 Å². The van der Waals surface area contributed by atoms with Crippen molar-refractivity contribution < 1.29 is 38.2 Å². The van der Waals surface area contributed by atoms with Gasteiger partial charge in [-0.2, -0.15) is 0 Å². The molecule has 0 aliphatic heterocycles. The zero-order valence-corrected chi connectivity index (χ0v) is 18.1. The van der Waals surface area contributed by atoms with Gasteiger partial charge in [0, 0.05) is 19.0 Å². The maximum Gasteiger partial charge on any atom is 0.412 e. The number of benzene rings is 1. The van der Waals surface area contributed by atoms with Gasteiger partial charge in [0.15, 0.2) is 0 Å². The summed E-state index contributed by atoms with van der Waals surface area (Å²) in [6, 6.07) is 2.79. The van der Waals surface area contributed by atoms with E-state index < -0.39 is 41.5 Å². The molecule has 0 spiro atoms. The van der Waals surface area contributed by atoms with Crippen LogP contribution in [0.3, 0.4) is 0 Å². The molecule has 0 saturated carbocycles. The van der Waals surface area contributed by atoms with E-state index in [4.69, 9.17) is 15.2 Å². The Hall–Kier alpha value is -3.63. The number of carbonyl (C=O) groups is 5. The summed E-state index contributed by atoms with van der Waals surface area (Å²) in [5.41, 5.74) is 4.40. The van der Waals surface area contributed by atoms with Gasteiger partial charge >= 0.3 is 18.0 Å². The number of nitrogens with two attached hydrogens (primary N) is 1. The number of nitrogens with one attached hydrogen (secondary N) is 2. The van der Waals surface area contributed by atoms with Gasteiger partial charge in [-0.3, -0.25) is 19.7 Å². The molecular weight excluding hydrogens is 410 g/mol. The van der Waals surface area contributed by atoms with Gasteiger partial charge in [0.25, 0.3) is 5.91 Å². The number of anilines is 1. The van der Waals surface area contributed by atoms with E-state index in [0.29, 0.717) is 0 Å². The van der Waals surface area contributed by atoms with Crippen LogP contribution in [0, 0.1) is 0 Å². The minimum absolute atomic E-state index is 0.0908. The van der Waals surface area contributed by atoms with E-state index in [1.54, 1.807) is 20.8 Å². The maximum atomic E-state index is 12.8. The quantitative estimate of drug-likeness (QED) is 0.407. The number of ether oxygens (including phenoxy) is 3. The van der Waals surface area contributed by atoms with E-state index in [-0.39, 0.29) is 29.8 Å². The second kappa shape index (κ2) is 11.0. The molecule has 170 valence electrons. The number of hydrogen-bond donors (Lipinski definition) is 3. The van der Waals surface area contributed by atoms with Crippen LogP contribution in [0.5, 0.6) is 5.75 Å². The summed E-state index contributed by atoms with van der Waals surface area (Å²) < 4.78 is 14.8. The molecule has 0 heterocycles. The summed E-state index contributed by atoms with van der Waals surface area (Å²) in [6.07, 6.45) is -1.02. The van der Waals surface area contributed by atoms with Gasteiger partial charge in [0.2, 0.25) is 5.91 Å². The Labute approximate surface area is 179 Å². The topological polar surface area (TPSA) is 163 Å². The molecule has 3 amide bonds. The van der Waals surface area contributed by atoms with Crippen LogP contribution in [0.2, 0.25) is 0 Å². The van der Waals surface area contributed by atoms with E-state index >= 15 is 0 Å². The Balaban J connectivity index is 3.17. The Morgan fingerprint density at radius 2 is 1.77 bits per heavy atom. The van der Waals surface area contributed by atoms with E-state index in [2.05, 4.69) is 15.4 Å². The van der Waals surface area contributed by atoms with E-state index in [1.165, 1.54) is 18.2 Å². The number of amides is 3. The van der Waals surface area contributed by atoms with Gasteiger partial charge in [0.05, 0.1) is 12.7 Å². The van der Waals surface area contributed by atoms with E-state index in [0.717, 1.165) is 14.0 Å². The summed E-state index contributed by atoms with van der Waals surface area (Å²) in [7, 11) is 1.13. The molecule has 1 aromatic carbocycles. The molecule has 1 unspecified atom stereocenters. The van der Waals surface area contributed by atoms with Crippen molar-refractivity contribution in [3.05, 3.63) is 23.8 Å². The standard InChI is InChI=1S/C20H27N3O8/c1-11(24)30-15-8-6-12(22-19(28)31-20(2,3)4)10-13(15)17(26)23-14(18(27)29-5)7-9-16(21)25/h6,8,10,14H,7,9H2,1-5H3,(H2,21,25)(H,22,28)(H,23,26). The SMILES string of the molecule is COC(=O)C(CCC(N)=O)NC(=O)c1cc(NC(=O)OC(C)(C)C)ccc1OC(C)=O. The van der Waals surface area contributed by atoms with Crippen LogP contribution >= 0.6 is 0 Å². The molecule has 11 nitrogen and oxygen atoms in total. The summed E-state index contributed by atoms with van der Waals surface area (Å²) >= 11 is 0. The van der Waals surface area contributed by atoms with Crippen LogP contribution in [0.4, 0.5) is 10.5 Å². The van der Waals surface area contributed by atoms with Crippen molar-refractivity contribution in [2.75, 3.05) is 12.4 Å². The number of methoxy groups -OCH3 is 1. The highest BCUT2D eigenvalue weighted by atomic mass is 16.6. The Kier molecular flexibility index (Phi) is 8.97. The van der Waals surface area contributed by atoms with E-state index in [1.807, 2.05) is 0 Å². The Bertz CT molecular complexity index is 860. The highest BCUT2D eigenvalue weighted by Crippen LogP contribution is 2.24. The maximum absolute atomic E-state index is 12.8. The molecule has 0 fully saturated rings. The molecule has 11 heteroatoms. The second-order valence-corrected chi connectivity index (χ2v) is 7.49. The molecule has 4 N–H and O–H groups in total. The van der Waals surface area contributed by atoms with Crippen LogP contribution in [0.25, 0.3) is 0 Å². The fourth-order valence-electron chi connectivity index (χ4n) is 2.36. The highest BCUT2D eigenvalue weighted by molar-refractivity contribution is 6.01. The van der Waals surface area contributed by atoms with Crippen molar-refractivity contribution in [2.45, 2.75) is 52.2 Å². The minimum atomic E-state index is -1.17. The van der Waals surface area contributed by atoms with Crippen molar-refractivity contribution in [1.82, 2.24) is 5.32 Å². The molecule has 1 rings (SSSR count). The average Bonchev–Trinajstić information content (AvgIpc) is 2.63. The summed E-state index contributed by atoms with van der Waals surface area (Å²) in [5.74, 6) is -3.03. The summed E-state index contributed by atoms with van der Waals surface area (Å²) in [4.78, 5) is 59.2. The second-order valence-electron chi connectivity index (χ2n) is 7.49. The lowest BCUT2D eigenvalue weighted by Gasteiger charge is -2.20. The van der Waals surface area contributed by atoms with Crippen molar-refractivity contribution in [3.8, 4) is 5.75 Å². The molecule has 0 saturated heterocycles. The molecule has 1 aromatic rings. The van der Waals surface area contributed by atoms with Crippen LogP contribution in [0.1, 0.15) is 50.9 Å². The fraction of sp³-hybridized carbons (Fsp3) is 0.450. The first-order valence-corrected chi connectivity index (χ1v) is 9.32. The van der Waals surface area contributed by atoms with Gasteiger partial charge in [-0.15, -0.1) is 0 Å². The van der Waals surface area contributed by atoms with Crippen LogP contribution < -0.4 is 21.1 Å². The van der Waals surface area contributed by atoms with Gasteiger partial charge in [-0.05, 0) is 45.4 Å². The number of rotatable bonds is 8. The molecule has 0 radical (unpaired) electrons. The lowest BCUT2D eigenvalue weighted by Crippen LogP contribution is -2.42. The monoisotopic (exact) mass is 437 g/mol. The molecule has 0 aliphatic rings. The largest absolute Gasteiger partial charge is 0.467 e. The lowest BCUT2D eigenvalue weighted by atomic mass is 10.1. The number of carbonyl (C=O) groups excluding carboxylic acids is 5. The molecular formula is C20H27N3O8. The molecule has 0 bridgehead atoms. The summed E-state index contributed by atoms with van der Waals surface area (Å²) in [6.45, 7) is 6.22. The first kappa shape index (κ1) is 25.4. The third-order valence-corrected chi connectivity index (χ3v) is 3.59. The molecule has 1 atom stereocenters. The van der Waals surface area contributed by atoms with Crippen molar-refractivity contribution in [3.63, 3.8) is 0 Å². The van der Waals surface area contributed by atoms with Crippen LogP contribution in [0.15, 0.2) is 18.2 Å². The molecule has 31 heavy (non-hydrogen) atoms. The van der Waals surface area contributed by atoms with Crippen molar-refractivity contribution in [2.24, 2.45) is 5.73 Å². The highest BCUT2D eigenvalue weighted by Gasteiger charge is 2.25. The molecule has 0 aromatic heterocycles. The average molecular weight is 437 g/mol. The van der Waals surface area contributed by atoms with Gasteiger partial charge < -0.3 is 25.3 Å². The smallest absolute Gasteiger partial charge is 0.412 e. The zero-order valence-electron chi connectivity index (χ0n) is 18.1. The van der Waals surface area contributed by atoms with Crippen molar-refractivity contribution in [1.29, 1.82) is 0 Å². The minimum Gasteiger partial charge on any atom is -0.467 e. The molecule has 0 aliphatic carbocycles. The van der Waals surface area contributed by atoms with Gasteiger partial charge in [0.1, 0.15) is 17.4 Å². The van der Waals surface area contributed by atoms with E-state index in [9.17, 15) is 24.0 Å². The Morgan fingerprint density at radius 1 is 1.13 bits per heavy atom. The zero-order chi connectivity index (χ0) is 23.8. The number of hydrogen-bond acceptors (Lipinski definition) is 8. The number of esters is 2. The third-order valence-electron chi connectivity index (χ3n) is 3.59. The summed E-state index contributed by atoms with van der Waals surface area (Å²) in [5, 5.41) is 4.88. The van der Waals surface area contributed by atoms with Crippen LogP contribution in [-0.2, 0) is 23.9 Å². The predicted molar refractivity (Wildman–Crippen MR) is 109 cm³/mol. The van der Waals surface area contributed by atoms with Gasteiger partial charge in [-0.25, -0.2) is 9.59 Å². The first-order valence-electron chi connectivity index (χ1n) is 9.32. The third kappa shape index (κ3) is 9.15. The Morgan fingerprint density at radius 3 is 2.29 bits per heavy atom. The van der Waals surface area contributed by atoms with Crippen molar-refractivity contribution >= 4 is 35.5 Å². The predicted octanol–water partition coefficient (Wildman–Crippen LogP) is 1.50. The number of primary amides is 1. The normalized spacial score (nSPS) is 11.6. The lowest BCUT2D eigenvalue weighted by molar-refractivity contribution is -0.143. The fourth-order valence-corrected chi connectivity index (χ4v) is 2.36. The van der Waals surface area contributed by atoms with Crippen LogP contribution in [-0.4, -0.2) is 48.6 Å².